The third-order valence-corrected chi connectivity index (χ3v) is 11.0. The molecule has 3 aliphatic rings. The summed E-state index contributed by atoms with van der Waals surface area (Å²) in [6.45, 7) is 4.09. The van der Waals surface area contributed by atoms with Crippen LogP contribution in [0.1, 0.15) is 107 Å². The van der Waals surface area contributed by atoms with Crippen LogP contribution in [0.15, 0.2) is 72.9 Å². The van der Waals surface area contributed by atoms with Crippen LogP contribution in [0.25, 0.3) is 10.9 Å². The molecule has 3 aliphatic heterocycles. The highest BCUT2D eigenvalue weighted by molar-refractivity contribution is 6.23. The van der Waals surface area contributed by atoms with E-state index < -0.39 is 36.0 Å². The van der Waals surface area contributed by atoms with Crippen molar-refractivity contribution >= 4 is 40.4 Å². The van der Waals surface area contributed by atoms with Gasteiger partial charge in [-0.05, 0) is 105 Å². The fourth-order valence-electron chi connectivity index (χ4n) is 7.81. The molecule has 2 fully saturated rings. The van der Waals surface area contributed by atoms with Gasteiger partial charge < -0.3 is 23.7 Å². The van der Waals surface area contributed by atoms with Crippen LogP contribution in [0.4, 0.5) is 0 Å². The number of nitrogens with one attached hydrogen (secondary N) is 2. The van der Waals surface area contributed by atoms with Crippen molar-refractivity contribution in [2.24, 2.45) is 0 Å². The van der Waals surface area contributed by atoms with Gasteiger partial charge in [0, 0.05) is 43.3 Å². The Balaban J connectivity index is 0.756. The van der Waals surface area contributed by atoms with E-state index in [0.717, 1.165) is 92.4 Å². The summed E-state index contributed by atoms with van der Waals surface area (Å²) < 4.78 is 19.7. The van der Waals surface area contributed by atoms with Crippen LogP contribution in [0, 0.1) is 0 Å². The predicted octanol–water partition coefficient (Wildman–Crippen LogP) is 6.16. The normalized spacial score (nSPS) is 18.0. The van der Waals surface area contributed by atoms with E-state index in [0.29, 0.717) is 37.7 Å². The molecular weight excluding hydrogens is 755 g/mol. The summed E-state index contributed by atoms with van der Waals surface area (Å²) >= 11 is 0. The lowest BCUT2D eigenvalue weighted by atomic mass is 10.0. The number of ether oxygens (including phenoxy) is 3. The molecule has 0 spiro atoms. The lowest BCUT2D eigenvalue weighted by Crippen LogP contribution is -2.54. The maximum Gasteiger partial charge on any atom is 0.275 e. The minimum absolute atomic E-state index is 0.0826. The van der Waals surface area contributed by atoms with Gasteiger partial charge in [-0.25, -0.2) is 10.3 Å². The van der Waals surface area contributed by atoms with E-state index in [1.165, 1.54) is 5.56 Å². The van der Waals surface area contributed by atoms with Gasteiger partial charge in [0.15, 0.2) is 6.29 Å². The second-order valence-corrected chi connectivity index (χ2v) is 15.5. The molecule has 0 aliphatic carbocycles. The van der Waals surface area contributed by atoms with Gasteiger partial charge >= 0.3 is 0 Å². The molecule has 2 N–H and O–H groups in total. The predicted molar refractivity (Wildman–Crippen MR) is 219 cm³/mol. The SMILES string of the molecule is CN(CCCCCCCCOc1ccc2c(c1)C(=O)N(C1CCC(=O)NC1=O)C2=O)Cc1cccc(OCCn2ccc3ccc(C(=O)NOC4CCCCO4)cc32)c1. The van der Waals surface area contributed by atoms with Gasteiger partial charge in [0.1, 0.15) is 24.1 Å². The lowest BCUT2D eigenvalue weighted by Gasteiger charge is -2.27. The van der Waals surface area contributed by atoms with Gasteiger partial charge in [-0.15, -0.1) is 0 Å². The van der Waals surface area contributed by atoms with Gasteiger partial charge in [0.05, 0.1) is 24.3 Å². The van der Waals surface area contributed by atoms with Gasteiger partial charge in [-0.2, -0.15) is 0 Å². The van der Waals surface area contributed by atoms with Crippen molar-refractivity contribution in [3.05, 3.63) is 95.2 Å². The van der Waals surface area contributed by atoms with E-state index in [-0.39, 0.29) is 29.9 Å². The minimum atomic E-state index is -0.985. The molecule has 4 aromatic rings. The quantitative estimate of drug-likeness (QED) is 0.0602. The molecule has 0 bridgehead atoms. The molecule has 2 atom stereocenters. The van der Waals surface area contributed by atoms with Crippen LogP contribution in [-0.4, -0.2) is 89.6 Å². The number of imide groups is 2. The molecule has 2 saturated heterocycles. The summed E-state index contributed by atoms with van der Waals surface area (Å²) in [6.07, 6.45) is 11.0. The van der Waals surface area contributed by atoms with E-state index >= 15 is 0 Å². The topological polar surface area (TPSA) is 158 Å². The zero-order valence-electron chi connectivity index (χ0n) is 33.6. The van der Waals surface area contributed by atoms with Gasteiger partial charge in [-0.1, -0.05) is 43.9 Å². The minimum Gasteiger partial charge on any atom is -0.494 e. The van der Waals surface area contributed by atoms with Crippen LogP contribution in [0.5, 0.6) is 11.5 Å². The van der Waals surface area contributed by atoms with Crippen LogP contribution in [0.2, 0.25) is 0 Å². The van der Waals surface area contributed by atoms with Crippen molar-refractivity contribution < 1.29 is 43.0 Å². The molecule has 0 radical (unpaired) electrons. The molecule has 0 saturated carbocycles. The first-order valence-corrected chi connectivity index (χ1v) is 20.8. The number of carbonyl (C=O) groups is 5. The summed E-state index contributed by atoms with van der Waals surface area (Å²) in [5.41, 5.74) is 5.67. The summed E-state index contributed by atoms with van der Waals surface area (Å²) in [6, 6.07) is 19.7. The molecule has 7 rings (SSSR count). The number of rotatable bonds is 20. The highest BCUT2D eigenvalue weighted by Gasteiger charge is 2.44. The molecule has 4 heterocycles. The number of benzene rings is 3. The van der Waals surface area contributed by atoms with Crippen LogP contribution in [-0.2, 0) is 32.3 Å². The Bertz CT molecular complexity index is 2140. The number of aromatic nitrogens is 1. The largest absolute Gasteiger partial charge is 0.494 e. The Labute approximate surface area is 344 Å². The first-order valence-electron chi connectivity index (χ1n) is 20.8. The third-order valence-electron chi connectivity index (χ3n) is 11.0. The Morgan fingerprint density at radius 2 is 1.64 bits per heavy atom. The summed E-state index contributed by atoms with van der Waals surface area (Å²) in [5, 5.41) is 3.26. The number of fused-ring (bicyclic) bond motifs is 2. The number of hydrogen-bond donors (Lipinski definition) is 2. The molecular formula is C45H53N5O9. The Morgan fingerprint density at radius 1 is 0.847 bits per heavy atom. The van der Waals surface area contributed by atoms with E-state index in [1.807, 2.05) is 36.5 Å². The number of hydroxylamine groups is 1. The first-order chi connectivity index (χ1) is 28.7. The fraction of sp³-hybridized carbons (Fsp3) is 0.444. The first kappa shape index (κ1) is 41.6. The molecule has 14 nitrogen and oxygen atoms in total. The van der Waals surface area contributed by atoms with Crippen LogP contribution in [0.3, 0.4) is 0 Å². The summed E-state index contributed by atoms with van der Waals surface area (Å²) in [5.74, 6) is -1.05. The number of amides is 5. The number of nitrogens with zero attached hydrogens (tertiary/aromatic N) is 3. The Kier molecular flexibility index (Phi) is 14.0. The Morgan fingerprint density at radius 3 is 2.47 bits per heavy atom. The third kappa shape index (κ3) is 10.7. The molecule has 14 heteroatoms. The van der Waals surface area contributed by atoms with Crippen LogP contribution >= 0.6 is 0 Å². The maximum atomic E-state index is 13.1. The van der Waals surface area contributed by atoms with E-state index in [4.69, 9.17) is 19.0 Å². The van der Waals surface area contributed by atoms with Gasteiger partial charge in [-0.3, -0.25) is 34.2 Å². The highest BCUT2D eigenvalue weighted by atomic mass is 16.8. The average Bonchev–Trinajstić information content (AvgIpc) is 3.75. The van der Waals surface area contributed by atoms with Gasteiger partial charge in [0.25, 0.3) is 17.7 Å². The lowest BCUT2D eigenvalue weighted by molar-refractivity contribution is -0.186. The second-order valence-electron chi connectivity index (χ2n) is 15.5. The van der Waals surface area contributed by atoms with Crippen molar-refractivity contribution in [3.63, 3.8) is 0 Å². The number of carbonyl (C=O) groups excluding carboxylic acids is 5. The number of piperidine rings is 1. The molecule has 3 aromatic carbocycles. The van der Waals surface area contributed by atoms with Crippen molar-refractivity contribution in [1.82, 2.24) is 25.2 Å². The van der Waals surface area contributed by atoms with Crippen molar-refractivity contribution in [1.29, 1.82) is 0 Å². The second kappa shape index (κ2) is 19.9. The average molecular weight is 808 g/mol. The van der Waals surface area contributed by atoms with E-state index in [9.17, 15) is 24.0 Å². The number of hydrogen-bond acceptors (Lipinski definition) is 10. The molecule has 312 valence electrons. The van der Waals surface area contributed by atoms with Gasteiger partial charge in [0.2, 0.25) is 11.8 Å². The van der Waals surface area contributed by atoms with Crippen molar-refractivity contribution in [3.8, 4) is 11.5 Å². The van der Waals surface area contributed by atoms with Crippen LogP contribution < -0.4 is 20.3 Å². The molecule has 5 amide bonds. The monoisotopic (exact) mass is 807 g/mol. The number of unbranched alkanes of at least 4 members (excludes halogenated alkanes) is 5. The molecule has 2 unspecified atom stereocenters. The zero-order chi connectivity index (χ0) is 41.1. The van der Waals surface area contributed by atoms with Crippen molar-refractivity contribution in [2.45, 2.75) is 96.1 Å². The Hall–Kier alpha value is -5.57. The van der Waals surface area contributed by atoms with E-state index in [2.05, 4.69) is 39.4 Å². The van der Waals surface area contributed by atoms with Crippen molar-refractivity contribution in [2.75, 3.05) is 33.4 Å². The standard InChI is InChI=1S/C45H53N5O9/c1-48(21-7-4-2-3-5-8-24-56-35-16-17-36-37(29-35)45(55)50(44(36)54)38-18-19-40(51)46-43(38)53)30-31-11-10-12-34(27-31)57-26-23-49-22-20-32-14-15-33(28-39(32)49)42(52)47-59-41-13-6-9-25-58-41/h10-12,14-17,20,22,27-29,38,41H,2-9,13,18-19,21,23-26,30H2,1H3,(H,47,52)(H,46,51,53). The smallest absolute Gasteiger partial charge is 0.275 e. The fourth-order valence-corrected chi connectivity index (χ4v) is 7.81. The zero-order valence-corrected chi connectivity index (χ0v) is 33.6. The maximum absolute atomic E-state index is 13.1. The molecule has 1 aromatic heterocycles. The van der Waals surface area contributed by atoms with E-state index in [1.54, 1.807) is 24.3 Å². The molecule has 59 heavy (non-hydrogen) atoms. The highest BCUT2D eigenvalue weighted by Crippen LogP contribution is 2.30. The summed E-state index contributed by atoms with van der Waals surface area (Å²) in [4.78, 5) is 71.3. The summed E-state index contributed by atoms with van der Waals surface area (Å²) in [7, 11) is 2.14.